The van der Waals surface area contributed by atoms with E-state index in [0.29, 0.717) is 18.9 Å². The quantitative estimate of drug-likeness (QED) is 0.599. The van der Waals surface area contributed by atoms with Crippen LogP contribution >= 0.6 is 0 Å². The fourth-order valence-electron chi connectivity index (χ4n) is 3.39. The van der Waals surface area contributed by atoms with Crippen LogP contribution in [0.5, 0.6) is 11.5 Å². The zero-order valence-electron chi connectivity index (χ0n) is 17.7. The van der Waals surface area contributed by atoms with Crippen molar-refractivity contribution in [2.75, 3.05) is 33.9 Å². The molecule has 1 aliphatic rings. The van der Waals surface area contributed by atoms with Crippen molar-refractivity contribution in [1.82, 2.24) is 9.62 Å². The lowest BCUT2D eigenvalue weighted by molar-refractivity contribution is -0.121. The van der Waals surface area contributed by atoms with Crippen LogP contribution in [0.2, 0.25) is 0 Å². The van der Waals surface area contributed by atoms with Crippen molar-refractivity contribution in [2.45, 2.75) is 30.4 Å². The fourth-order valence-corrected chi connectivity index (χ4v) is 4.94. The number of ether oxygens (including phenoxy) is 3. The highest BCUT2D eigenvalue weighted by Gasteiger charge is 2.30. The number of sulfonamides is 1. The van der Waals surface area contributed by atoms with Crippen LogP contribution in [0.3, 0.4) is 0 Å². The molecule has 0 spiro atoms. The molecule has 0 aliphatic carbocycles. The highest BCUT2D eigenvalue weighted by Crippen LogP contribution is 2.31. The average molecular weight is 449 g/mol. The molecule has 2 aromatic rings. The standard InChI is InChI=1S/C22H28N2O6S/c1-28-18-10-11-20(29-2)21(13-18)31(26,27)24(15-17-7-4-3-5-8-17)16-22(25)23-14-19-9-6-12-30-19/h3-5,7-8,10-11,13,19H,6,9,12,14-16H2,1-2H3,(H,23,25)/t19-/m1/s1. The number of nitrogens with zero attached hydrogens (tertiary/aromatic N) is 1. The second kappa shape index (κ2) is 10.6. The molecule has 1 atom stereocenters. The lowest BCUT2D eigenvalue weighted by Gasteiger charge is -2.23. The minimum Gasteiger partial charge on any atom is -0.497 e. The van der Waals surface area contributed by atoms with E-state index >= 15 is 0 Å². The number of benzene rings is 2. The van der Waals surface area contributed by atoms with E-state index in [0.717, 1.165) is 22.7 Å². The molecule has 0 aromatic heterocycles. The second-order valence-corrected chi connectivity index (χ2v) is 9.12. The van der Waals surface area contributed by atoms with Crippen LogP contribution in [0, 0.1) is 0 Å². The number of rotatable bonds is 10. The molecule has 0 radical (unpaired) electrons. The van der Waals surface area contributed by atoms with Gasteiger partial charge in [0.15, 0.2) is 0 Å². The van der Waals surface area contributed by atoms with Crippen molar-refractivity contribution in [3.05, 3.63) is 54.1 Å². The molecule has 3 rings (SSSR count). The molecule has 1 aliphatic heterocycles. The summed E-state index contributed by atoms with van der Waals surface area (Å²) in [6.45, 7) is 0.756. The first-order valence-electron chi connectivity index (χ1n) is 10.1. The molecule has 0 unspecified atom stereocenters. The lowest BCUT2D eigenvalue weighted by atomic mass is 10.2. The first-order valence-corrected chi connectivity index (χ1v) is 11.5. The molecular weight excluding hydrogens is 420 g/mol. The van der Waals surface area contributed by atoms with Gasteiger partial charge in [0, 0.05) is 25.8 Å². The van der Waals surface area contributed by atoms with Gasteiger partial charge in [-0.25, -0.2) is 8.42 Å². The van der Waals surface area contributed by atoms with Crippen molar-refractivity contribution in [3.8, 4) is 11.5 Å². The SMILES string of the molecule is COc1ccc(OC)c(S(=O)(=O)N(CC(=O)NC[C@H]2CCCO2)Cc2ccccc2)c1. The van der Waals surface area contributed by atoms with Gasteiger partial charge < -0.3 is 19.5 Å². The van der Waals surface area contributed by atoms with Gasteiger partial charge in [-0.1, -0.05) is 30.3 Å². The molecule has 8 nitrogen and oxygen atoms in total. The first-order chi connectivity index (χ1) is 14.9. The van der Waals surface area contributed by atoms with Crippen LogP contribution in [0.25, 0.3) is 0 Å². The van der Waals surface area contributed by atoms with Gasteiger partial charge in [-0.2, -0.15) is 4.31 Å². The zero-order chi connectivity index (χ0) is 22.3. The summed E-state index contributed by atoms with van der Waals surface area (Å²) in [4.78, 5) is 12.6. The van der Waals surface area contributed by atoms with Gasteiger partial charge in [0.25, 0.3) is 0 Å². The van der Waals surface area contributed by atoms with E-state index in [1.807, 2.05) is 30.3 Å². The molecule has 31 heavy (non-hydrogen) atoms. The normalized spacial score (nSPS) is 16.3. The number of carbonyl (C=O) groups excluding carboxylic acids is 1. The zero-order valence-corrected chi connectivity index (χ0v) is 18.6. The molecule has 0 saturated carbocycles. The monoisotopic (exact) mass is 448 g/mol. The molecule has 9 heteroatoms. The first kappa shape index (κ1) is 23.1. The third-order valence-corrected chi connectivity index (χ3v) is 6.87. The topological polar surface area (TPSA) is 94.2 Å². The van der Waals surface area contributed by atoms with E-state index < -0.39 is 15.9 Å². The number of amides is 1. The molecule has 0 bridgehead atoms. The Bertz CT molecular complexity index is 975. The van der Waals surface area contributed by atoms with Gasteiger partial charge in [0.2, 0.25) is 15.9 Å². The van der Waals surface area contributed by atoms with Crippen molar-refractivity contribution in [2.24, 2.45) is 0 Å². The number of carbonyl (C=O) groups is 1. The highest BCUT2D eigenvalue weighted by atomic mass is 32.2. The average Bonchev–Trinajstić information content (AvgIpc) is 3.31. The Morgan fingerprint density at radius 1 is 1.16 bits per heavy atom. The summed E-state index contributed by atoms with van der Waals surface area (Å²) in [6, 6.07) is 13.7. The predicted molar refractivity (Wildman–Crippen MR) is 116 cm³/mol. The van der Waals surface area contributed by atoms with Gasteiger partial charge >= 0.3 is 0 Å². The largest absolute Gasteiger partial charge is 0.497 e. The molecule has 1 amide bonds. The van der Waals surface area contributed by atoms with Crippen molar-refractivity contribution >= 4 is 15.9 Å². The number of nitrogens with one attached hydrogen (secondary N) is 1. The van der Waals surface area contributed by atoms with E-state index in [2.05, 4.69) is 5.32 Å². The molecule has 1 N–H and O–H groups in total. The third kappa shape index (κ3) is 5.96. The lowest BCUT2D eigenvalue weighted by Crippen LogP contribution is -2.42. The van der Waals surface area contributed by atoms with Crippen molar-refractivity contribution < 1.29 is 27.4 Å². The summed E-state index contributed by atoms with van der Waals surface area (Å²) in [5.74, 6) is 0.164. The summed E-state index contributed by atoms with van der Waals surface area (Å²) in [7, 11) is -1.21. The second-order valence-electron chi connectivity index (χ2n) is 7.21. The van der Waals surface area contributed by atoms with E-state index in [1.54, 1.807) is 6.07 Å². The molecule has 1 fully saturated rings. The van der Waals surface area contributed by atoms with Gasteiger partial charge in [-0.3, -0.25) is 4.79 Å². The maximum absolute atomic E-state index is 13.6. The van der Waals surface area contributed by atoms with Crippen LogP contribution < -0.4 is 14.8 Å². The van der Waals surface area contributed by atoms with E-state index in [9.17, 15) is 13.2 Å². The summed E-state index contributed by atoms with van der Waals surface area (Å²) < 4.78 is 44.3. The van der Waals surface area contributed by atoms with Crippen LogP contribution in [0.1, 0.15) is 18.4 Å². The van der Waals surface area contributed by atoms with E-state index in [1.165, 1.54) is 26.4 Å². The maximum Gasteiger partial charge on any atom is 0.247 e. The Kier molecular flexibility index (Phi) is 7.89. The minimum atomic E-state index is -4.07. The molecule has 1 saturated heterocycles. The van der Waals surface area contributed by atoms with Gasteiger partial charge in [-0.15, -0.1) is 0 Å². The Hall–Kier alpha value is -2.62. The Balaban J connectivity index is 1.86. The fraction of sp³-hybridized carbons (Fsp3) is 0.409. The highest BCUT2D eigenvalue weighted by molar-refractivity contribution is 7.89. The summed E-state index contributed by atoms with van der Waals surface area (Å²) in [5, 5.41) is 2.79. The Labute approximate surface area is 183 Å². The van der Waals surface area contributed by atoms with Crippen LogP contribution in [0.15, 0.2) is 53.4 Å². The van der Waals surface area contributed by atoms with Gasteiger partial charge in [-0.05, 0) is 30.5 Å². The molecular formula is C22H28N2O6S. The van der Waals surface area contributed by atoms with Crippen molar-refractivity contribution in [1.29, 1.82) is 0 Å². The van der Waals surface area contributed by atoms with Crippen LogP contribution in [-0.4, -0.2) is 58.7 Å². The Morgan fingerprint density at radius 3 is 2.58 bits per heavy atom. The minimum absolute atomic E-state index is 0.0263. The van der Waals surface area contributed by atoms with E-state index in [-0.39, 0.29) is 29.8 Å². The van der Waals surface area contributed by atoms with Crippen LogP contribution in [-0.2, 0) is 26.1 Å². The van der Waals surface area contributed by atoms with Gasteiger partial charge in [0.1, 0.15) is 16.4 Å². The van der Waals surface area contributed by atoms with Crippen LogP contribution in [0.4, 0.5) is 0 Å². The number of methoxy groups -OCH3 is 2. The molecule has 2 aromatic carbocycles. The van der Waals surface area contributed by atoms with E-state index in [4.69, 9.17) is 14.2 Å². The summed E-state index contributed by atoms with van der Waals surface area (Å²) in [6.07, 6.45) is 1.82. The Morgan fingerprint density at radius 2 is 1.94 bits per heavy atom. The third-order valence-electron chi connectivity index (χ3n) is 5.06. The predicted octanol–water partition coefficient (Wildman–Crippen LogP) is 2.19. The molecule has 1 heterocycles. The van der Waals surface area contributed by atoms with Crippen molar-refractivity contribution in [3.63, 3.8) is 0 Å². The summed E-state index contributed by atoms with van der Waals surface area (Å²) in [5.41, 5.74) is 0.764. The molecule has 168 valence electrons. The number of hydrogen-bond donors (Lipinski definition) is 1. The smallest absolute Gasteiger partial charge is 0.247 e. The van der Waals surface area contributed by atoms with Gasteiger partial charge in [0.05, 0.1) is 26.9 Å². The summed E-state index contributed by atoms with van der Waals surface area (Å²) >= 11 is 0. The maximum atomic E-state index is 13.6. The number of hydrogen-bond acceptors (Lipinski definition) is 6.